The number of aryl methyl sites for hydroxylation is 1. The molecule has 2 atom stereocenters. The van der Waals surface area contributed by atoms with E-state index in [1.165, 1.54) is 7.11 Å². The summed E-state index contributed by atoms with van der Waals surface area (Å²) in [7, 11) is 1.45. The van der Waals surface area contributed by atoms with Gasteiger partial charge in [0.2, 0.25) is 0 Å². The molecule has 1 saturated carbocycles. The van der Waals surface area contributed by atoms with E-state index in [9.17, 15) is 4.79 Å². The van der Waals surface area contributed by atoms with Crippen molar-refractivity contribution in [1.29, 1.82) is 0 Å². The fraction of sp³-hybridized carbons (Fsp3) is 0.333. The van der Waals surface area contributed by atoms with Crippen LogP contribution in [0.4, 0.5) is 5.13 Å². The number of carbonyl (C=O) groups is 1. The Hall–Kier alpha value is -2.38. The van der Waals surface area contributed by atoms with Crippen LogP contribution in [-0.4, -0.2) is 24.1 Å². The van der Waals surface area contributed by atoms with Crippen LogP contribution in [0.5, 0.6) is 5.75 Å². The molecule has 1 N–H and O–H groups in total. The Kier molecular flexibility index (Phi) is 6.92. The van der Waals surface area contributed by atoms with E-state index in [1.807, 2.05) is 30.3 Å². The van der Waals surface area contributed by atoms with Crippen LogP contribution in [0, 0.1) is 12.8 Å². The molecule has 162 valence electrons. The number of nitrogens with one attached hydrogen (secondary N) is 1. The Balaban J connectivity index is 1.46. The Morgan fingerprint density at radius 1 is 1.23 bits per heavy atom. The molecule has 1 heterocycles. The smallest absolute Gasteiger partial charge is 0.308 e. The number of benzene rings is 2. The van der Waals surface area contributed by atoms with Crippen molar-refractivity contribution in [3.05, 3.63) is 63.4 Å². The van der Waals surface area contributed by atoms with E-state index in [0.717, 1.165) is 57.0 Å². The summed E-state index contributed by atoms with van der Waals surface area (Å²) < 4.78 is 12.1. The Labute approximate surface area is 194 Å². The fourth-order valence-electron chi connectivity index (χ4n) is 3.84. The highest BCUT2D eigenvalue weighted by atomic mass is 79.9. The number of rotatable bonds is 7. The summed E-state index contributed by atoms with van der Waals surface area (Å²) in [5.41, 5.74) is 4.15. The van der Waals surface area contributed by atoms with E-state index in [4.69, 9.17) is 14.5 Å². The molecule has 0 amide bonds. The summed E-state index contributed by atoms with van der Waals surface area (Å²) in [6, 6.07) is 14.5. The van der Waals surface area contributed by atoms with Gasteiger partial charge in [0.15, 0.2) is 5.13 Å². The first-order valence-corrected chi connectivity index (χ1v) is 12.0. The molecule has 0 radical (unpaired) electrons. The average Bonchev–Trinajstić information content (AvgIpc) is 3.43. The van der Waals surface area contributed by atoms with Gasteiger partial charge < -0.3 is 14.8 Å². The van der Waals surface area contributed by atoms with E-state index in [2.05, 4.69) is 45.7 Å². The van der Waals surface area contributed by atoms with Gasteiger partial charge in [0.25, 0.3) is 0 Å². The molecular formula is C24H25BrN2O3S. The van der Waals surface area contributed by atoms with Crippen molar-refractivity contribution in [2.24, 2.45) is 5.92 Å². The number of halogens is 1. The van der Waals surface area contributed by atoms with Crippen LogP contribution in [0.3, 0.4) is 0 Å². The lowest BCUT2D eigenvalue weighted by Gasteiger charge is -2.12. The van der Waals surface area contributed by atoms with Gasteiger partial charge in [0.05, 0.1) is 18.7 Å². The van der Waals surface area contributed by atoms with Gasteiger partial charge in [-0.2, -0.15) is 0 Å². The SMILES string of the molecule is COC(=O)[C@H]1CC[C@@H](Nc2nc(-c3cc(C)ccc3OCc3ccc(Br)cc3)cs2)C1. The number of ether oxygens (including phenoxy) is 2. The van der Waals surface area contributed by atoms with E-state index < -0.39 is 0 Å². The van der Waals surface area contributed by atoms with Crippen molar-refractivity contribution < 1.29 is 14.3 Å². The third-order valence-corrected chi connectivity index (χ3v) is 6.82. The third-order valence-electron chi connectivity index (χ3n) is 5.52. The van der Waals surface area contributed by atoms with Crippen LogP contribution >= 0.6 is 27.3 Å². The van der Waals surface area contributed by atoms with Gasteiger partial charge in [-0.25, -0.2) is 4.98 Å². The predicted molar refractivity (Wildman–Crippen MR) is 128 cm³/mol. The molecule has 5 nitrogen and oxygen atoms in total. The zero-order valence-corrected chi connectivity index (χ0v) is 20.0. The van der Waals surface area contributed by atoms with Gasteiger partial charge >= 0.3 is 5.97 Å². The van der Waals surface area contributed by atoms with Gasteiger partial charge in [-0.05, 0) is 56.0 Å². The topological polar surface area (TPSA) is 60.5 Å². The maximum absolute atomic E-state index is 11.8. The second-order valence-electron chi connectivity index (χ2n) is 7.83. The number of methoxy groups -OCH3 is 1. The maximum atomic E-state index is 11.8. The highest BCUT2D eigenvalue weighted by Gasteiger charge is 2.31. The lowest BCUT2D eigenvalue weighted by Crippen LogP contribution is -2.18. The van der Waals surface area contributed by atoms with Crippen molar-refractivity contribution in [2.45, 2.75) is 38.8 Å². The van der Waals surface area contributed by atoms with Crippen LogP contribution < -0.4 is 10.1 Å². The van der Waals surface area contributed by atoms with Gasteiger partial charge in [-0.3, -0.25) is 4.79 Å². The number of thiazole rings is 1. The van der Waals surface area contributed by atoms with Crippen molar-refractivity contribution in [2.75, 3.05) is 12.4 Å². The lowest BCUT2D eigenvalue weighted by molar-refractivity contribution is -0.145. The van der Waals surface area contributed by atoms with Crippen LogP contribution in [0.25, 0.3) is 11.3 Å². The summed E-state index contributed by atoms with van der Waals surface area (Å²) in [4.78, 5) is 16.6. The highest BCUT2D eigenvalue weighted by molar-refractivity contribution is 9.10. The van der Waals surface area contributed by atoms with Crippen LogP contribution in [0.15, 0.2) is 52.3 Å². The zero-order chi connectivity index (χ0) is 21.8. The predicted octanol–water partition coefficient (Wildman–Crippen LogP) is 6.21. The zero-order valence-electron chi connectivity index (χ0n) is 17.6. The average molecular weight is 501 g/mol. The first-order chi connectivity index (χ1) is 15.0. The molecule has 1 aliphatic rings. The molecule has 1 fully saturated rings. The van der Waals surface area contributed by atoms with Crippen molar-refractivity contribution >= 4 is 38.4 Å². The molecule has 0 spiro atoms. The molecule has 4 rings (SSSR count). The summed E-state index contributed by atoms with van der Waals surface area (Å²) in [6.45, 7) is 2.56. The monoisotopic (exact) mass is 500 g/mol. The fourth-order valence-corrected chi connectivity index (χ4v) is 4.90. The lowest BCUT2D eigenvalue weighted by atomic mass is 10.1. The summed E-state index contributed by atoms with van der Waals surface area (Å²) in [5, 5.41) is 6.41. The minimum absolute atomic E-state index is 0.0164. The molecule has 2 aromatic carbocycles. The standard InChI is InChI=1S/C24H25BrN2O3S/c1-15-3-10-22(30-13-16-4-7-18(25)8-5-16)20(11-15)21-14-31-24(27-21)26-19-9-6-17(12-19)23(28)29-2/h3-5,7-8,10-11,14,17,19H,6,9,12-13H2,1-2H3,(H,26,27)/t17-,19+/m0/s1. The largest absolute Gasteiger partial charge is 0.488 e. The molecule has 1 aliphatic carbocycles. The summed E-state index contributed by atoms with van der Waals surface area (Å²) in [6.07, 6.45) is 2.59. The molecular weight excluding hydrogens is 476 g/mol. The van der Waals surface area contributed by atoms with Gasteiger partial charge in [0, 0.05) is 21.5 Å². The first kappa shape index (κ1) is 21.8. The number of esters is 1. The Morgan fingerprint density at radius 2 is 2.03 bits per heavy atom. The van der Waals surface area contributed by atoms with E-state index in [0.29, 0.717) is 6.61 Å². The van der Waals surface area contributed by atoms with Crippen molar-refractivity contribution in [3.63, 3.8) is 0 Å². The van der Waals surface area contributed by atoms with E-state index in [1.54, 1.807) is 11.3 Å². The summed E-state index contributed by atoms with van der Waals surface area (Å²) >= 11 is 5.04. The third kappa shape index (κ3) is 5.46. The van der Waals surface area contributed by atoms with Crippen LogP contribution in [0.1, 0.15) is 30.4 Å². The van der Waals surface area contributed by atoms with Gasteiger partial charge in [0.1, 0.15) is 12.4 Å². The molecule has 0 aliphatic heterocycles. The van der Waals surface area contributed by atoms with E-state index in [-0.39, 0.29) is 17.9 Å². The molecule has 7 heteroatoms. The molecule has 0 unspecified atom stereocenters. The Morgan fingerprint density at radius 3 is 2.81 bits per heavy atom. The number of aromatic nitrogens is 1. The normalized spacial score (nSPS) is 18.0. The van der Waals surface area contributed by atoms with Gasteiger partial charge in [-0.1, -0.05) is 39.7 Å². The molecule has 0 saturated heterocycles. The second-order valence-corrected chi connectivity index (χ2v) is 9.60. The Bertz CT molecular complexity index is 1050. The van der Waals surface area contributed by atoms with Crippen molar-refractivity contribution in [1.82, 2.24) is 4.98 Å². The van der Waals surface area contributed by atoms with Crippen molar-refractivity contribution in [3.8, 4) is 17.0 Å². The molecule has 1 aromatic heterocycles. The van der Waals surface area contributed by atoms with Gasteiger partial charge in [-0.15, -0.1) is 11.3 Å². The second kappa shape index (κ2) is 9.83. The number of anilines is 1. The molecule has 3 aromatic rings. The quantitative estimate of drug-likeness (QED) is 0.390. The number of nitrogens with zero attached hydrogens (tertiary/aromatic N) is 1. The minimum Gasteiger partial charge on any atom is -0.488 e. The molecule has 31 heavy (non-hydrogen) atoms. The number of carbonyl (C=O) groups excluding carboxylic acids is 1. The highest BCUT2D eigenvalue weighted by Crippen LogP contribution is 2.35. The maximum Gasteiger partial charge on any atom is 0.308 e. The minimum atomic E-state index is -0.114. The first-order valence-electron chi connectivity index (χ1n) is 10.3. The number of hydrogen-bond donors (Lipinski definition) is 1. The van der Waals surface area contributed by atoms with E-state index >= 15 is 0 Å². The van der Waals surface area contributed by atoms with Crippen LogP contribution in [-0.2, 0) is 16.1 Å². The molecule has 0 bridgehead atoms. The van der Waals surface area contributed by atoms with Crippen LogP contribution in [0.2, 0.25) is 0 Å². The summed E-state index contributed by atoms with van der Waals surface area (Å²) in [5.74, 6) is 0.686. The number of hydrogen-bond acceptors (Lipinski definition) is 6.